The minimum Gasteiger partial charge on any atom is -0.497 e. The molecule has 0 spiro atoms. The van der Waals surface area contributed by atoms with Gasteiger partial charge in [-0.2, -0.15) is 4.98 Å². The molecule has 0 bridgehead atoms. The van der Waals surface area contributed by atoms with Crippen molar-refractivity contribution in [2.75, 3.05) is 18.2 Å². The Morgan fingerprint density at radius 2 is 2.10 bits per heavy atom. The van der Waals surface area contributed by atoms with Gasteiger partial charge >= 0.3 is 0 Å². The predicted molar refractivity (Wildman–Crippen MR) is 82.5 cm³/mol. The highest BCUT2D eigenvalue weighted by atomic mass is 16.5. The second-order valence-corrected chi connectivity index (χ2v) is 4.81. The van der Waals surface area contributed by atoms with Crippen LogP contribution in [0.4, 0.5) is 11.5 Å². The van der Waals surface area contributed by atoms with Crippen molar-refractivity contribution >= 4 is 11.5 Å². The van der Waals surface area contributed by atoms with Gasteiger partial charge in [0.05, 0.1) is 13.2 Å². The van der Waals surface area contributed by atoms with Crippen LogP contribution >= 0.6 is 0 Å². The van der Waals surface area contributed by atoms with Crippen LogP contribution in [0.25, 0.3) is 0 Å². The topological polar surface area (TPSA) is 82.3 Å². The number of hydrogen-bond donors (Lipinski definition) is 2. The Labute approximate surface area is 124 Å². The van der Waals surface area contributed by atoms with Crippen molar-refractivity contribution in [1.29, 1.82) is 0 Å². The number of nitrogen functional groups attached to an aromatic ring is 1. The number of nitrogens with zero attached hydrogens (tertiary/aromatic N) is 2. The van der Waals surface area contributed by atoms with Gasteiger partial charge in [-0.1, -0.05) is 12.1 Å². The van der Waals surface area contributed by atoms with Crippen LogP contribution in [0.3, 0.4) is 0 Å². The Balaban J connectivity index is 2.09. The molecule has 2 rings (SSSR count). The molecule has 0 saturated heterocycles. The predicted octanol–water partition coefficient (Wildman–Crippen LogP) is 2.47. The number of aromatic nitrogens is 2. The molecule has 112 valence electrons. The minimum absolute atomic E-state index is 0.00781. The van der Waals surface area contributed by atoms with Crippen molar-refractivity contribution in [3.63, 3.8) is 0 Å². The lowest BCUT2D eigenvalue weighted by Gasteiger charge is -2.14. The summed E-state index contributed by atoms with van der Waals surface area (Å²) in [7, 11) is 1.64. The maximum absolute atomic E-state index is 6.01. The molecule has 0 aliphatic carbocycles. The van der Waals surface area contributed by atoms with Crippen LogP contribution in [0.5, 0.6) is 11.6 Å². The van der Waals surface area contributed by atoms with Gasteiger partial charge in [0.25, 0.3) is 0 Å². The van der Waals surface area contributed by atoms with E-state index in [-0.39, 0.29) is 6.10 Å². The van der Waals surface area contributed by atoms with Gasteiger partial charge in [-0.15, -0.1) is 0 Å². The summed E-state index contributed by atoms with van der Waals surface area (Å²) in [4.78, 5) is 8.19. The molecule has 0 aliphatic heterocycles. The van der Waals surface area contributed by atoms with E-state index in [1.807, 2.05) is 38.1 Å². The van der Waals surface area contributed by atoms with Crippen molar-refractivity contribution in [2.24, 2.45) is 0 Å². The Kier molecular flexibility index (Phi) is 4.81. The highest BCUT2D eigenvalue weighted by Gasteiger charge is 2.10. The molecule has 1 aromatic heterocycles. The third-order valence-electron chi connectivity index (χ3n) is 2.79. The van der Waals surface area contributed by atoms with Crippen LogP contribution in [-0.4, -0.2) is 23.2 Å². The number of nitrogens with two attached hydrogens (primary N) is 1. The summed E-state index contributed by atoms with van der Waals surface area (Å²) in [6.45, 7) is 4.43. The second-order valence-electron chi connectivity index (χ2n) is 4.81. The minimum atomic E-state index is 0.00781. The van der Waals surface area contributed by atoms with Crippen LogP contribution in [0.1, 0.15) is 19.4 Å². The lowest BCUT2D eigenvalue weighted by molar-refractivity contribution is 0.234. The Morgan fingerprint density at radius 3 is 2.81 bits per heavy atom. The molecule has 0 radical (unpaired) electrons. The van der Waals surface area contributed by atoms with Crippen molar-refractivity contribution < 1.29 is 9.47 Å². The molecule has 2 aromatic rings. The number of ether oxygens (including phenoxy) is 2. The van der Waals surface area contributed by atoms with Crippen molar-refractivity contribution in [3.8, 4) is 11.6 Å². The van der Waals surface area contributed by atoms with Gasteiger partial charge in [0, 0.05) is 6.54 Å². The molecular weight excluding hydrogens is 268 g/mol. The van der Waals surface area contributed by atoms with Crippen LogP contribution in [-0.2, 0) is 6.54 Å². The average Bonchev–Trinajstić information content (AvgIpc) is 2.48. The van der Waals surface area contributed by atoms with Gasteiger partial charge in [-0.05, 0) is 31.5 Å². The quantitative estimate of drug-likeness (QED) is 0.849. The first kappa shape index (κ1) is 14.9. The molecule has 0 saturated carbocycles. The van der Waals surface area contributed by atoms with Crippen LogP contribution in [0.15, 0.2) is 30.6 Å². The molecule has 1 aromatic carbocycles. The first-order valence-electron chi connectivity index (χ1n) is 6.74. The first-order valence-corrected chi connectivity index (χ1v) is 6.74. The van der Waals surface area contributed by atoms with E-state index in [1.54, 1.807) is 7.11 Å². The molecule has 0 unspecified atom stereocenters. The maximum atomic E-state index is 6.01. The standard InChI is InChI=1S/C15H20N4O2/c1-10(2)21-15-13(16)14(18-9-19-15)17-8-11-5-4-6-12(7-11)20-3/h4-7,9-10H,8,16H2,1-3H3,(H,17,18,19). The number of rotatable bonds is 6. The number of benzene rings is 1. The summed E-state index contributed by atoms with van der Waals surface area (Å²) in [6.07, 6.45) is 1.44. The zero-order valence-electron chi connectivity index (χ0n) is 12.5. The normalized spacial score (nSPS) is 10.5. The van der Waals surface area contributed by atoms with E-state index in [1.165, 1.54) is 6.33 Å². The Bertz CT molecular complexity index is 602. The second kappa shape index (κ2) is 6.78. The largest absolute Gasteiger partial charge is 0.497 e. The van der Waals surface area contributed by atoms with E-state index in [0.717, 1.165) is 11.3 Å². The van der Waals surface area contributed by atoms with Crippen molar-refractivity contribution in [1.82, 2.24) is 9.97 Å². The number of hydrogen-bond acceptors (Lipinski definition) is 6. The fourth-order valence-electron chi connectivity index (χ4n) is 1.81. The van der Waals surface area contributed by atoms with Crippen LogP contribution < -0.4 is 20.5 Å². The molecule has 0 aliphatic rings. The van der Waals surface area contributed by atoms with Crippen molar-refractivity contribution in [2.45, 2.75) is 26.5 Å². The molecule has 3 N–H and O–H groups in total. The highest BCUT2D eigenvalue weighted by molar-refractivity contribution is 5.66. The van der Waals surface area contributed by atoms with Gasteiger partial charge in [0.15, 0.2) is 5.82 Å². The molecular formula is C15H20N4O2. The zero-order chi connectivity index (χ0) is 15.2. The number of anilines is 2. The van der Waals surface area contributed by atoms with Crippen LogP contribution in [0.2, 0.25) is 0 Å². The molecule has 0 amide bonds. The van der Waals surface area contributed by atoms with E-state index in [4.69, 9.17) is 15.2 Å². The van der Waals surface area contributed by atoms with E-state index >= 15 is 0 Å². The van der Waals surface area contributed by atoms with Gasteiger partial charge in [0.1, 0.15) is 17.8 Å². The van der Waals surface area contributed by atoms with Crippen molar-refractivity contribution in [3.05, 3.63) is 36.2 Å². The fourth-order valence-corrected chi connectivity index (χ4v) is 1.81. The summed E-state index contributed by atoms with van der Waals surface area (Å²) < 4.78 is 10.7. The van der Waals surface area contributed by atoms with E-state index in [9.17, 15) is 0 Å². The lowest BCUT2D eigenvalue weighted by atomic mass is 10.2. The smallest absolute Gasteiger partial charge is 0.242 e. The number of nitrogens with one attached hydrogen (secondary N) is 1. The summed E-state index contributed by atoms with van der Waals surface area (Å²) in [5, 5.41) is 3.18. The third-order valence-corrected chi connectivity index (χ3v) is 2.79. The monoisotopic (exact) mass is 288 g/mol. The van der Waals surface area contributed by atoms with Gasteiger partial charge in [-0.25, -0.2) is 4.98 Å². The summed E-state index contributed by atoms with van der Waals surface area (Å²) >= 11 is 0. The van der Waals surface area contributed by atoms with Gasteiger partial charge in [-0.3, -0.25) is 0 Å². The van der Waals surface area contributed by atoms with E-state index < -0.39 is 0 Å². The zero-order valence-corrected chi connectivity index (χ0v) is 12.5. The summed E-state index contributed by atoms with van der Waals surface area (Å²) in [5.74, 6) is 1.77. The molecule has 6 nitrogen and oxygen atoms in total. The molecule has 21 heavy (non-hydrogen) atoms. The summed E-state index contributed by atoms with van der Waals surface area (Å²) in [5.41, 5.74) is 7.49. The van der Waals surface area contributed by atoms with Gasteiger partial charge in [0.2, 0.25) is 5.88 Å². The highest BCUT2D eigenvalue weighted by Crippen LogP contribution is 2.26. The fraction of sp³-hybridized carbons (Fsp3) is 0.333. The Hall–Kier alpha value is -2.50. The summed E-state index contributed by atoms with van der Waals surface area (Å²) in [6, 6.07) is 7.79. The molecule has 1 heterocycles. The first-order chi connectivity index (χ1) is 10.1. The van der Waals surface area contributed by atoms with Crippen LogP contribution in [0, 0.1) is 0 Å². The van der Waals surface area contributed by atoms with E-state index in [0.29, 0.717) is 23.9 Å². The SMILES string of the molecule is COc1cccc(CNc2ncnc(OC(C)C)c2N)c1. The molecule has 6 heteroatoms. The third kappa shape index (κ3) is 3.98. The maximum Gasteiger partial charge on any atom is 0.242 e. The van der Waals surface area contributed by atoms with Gasteiger partial charge < -0.3 is 20.5 Å². The Morgan fingerprint density at radius 1 is 1.29 bits per heavy atom. The molecule has 0 fully saturated rings. The number of methoxy groups -OCH3 is 1. The average molecular weight is 288 g/mol. The molecule has 0 atom stereocenters. The lowest BCUT2D eigenvalue weighted by Crippen LogP contribution is -2.12. The van der Waals surface area contributed by atoms with E-state index in [2.05, 4.69) is 15.3 Å².